The predicted molar refractivity (Wildman–Crippen MR) is 77.4 cm³/mol. The van der Waals surface area contributed by atoms with Gasteiger partial charge in [-0.05, 0) is 42.6 Å². The summed E-state index contributed by atoms with van der Waals surface area (Å²) in [6, 6.07) is 4.60. The fourth-order valence-corrected chi connectivity index (χ4v) is 2.93. The van der Waals surface area contributed by atoms with E-state index in [0.29, 0.717) is 18.0 Å². The van der Waals surface area contributed by atoms with E-state index in [1.54, 1.807) is 6.07 Å². The molecule has 0 spiro atoms. The van der Waals surface area contributed by atoms with Crippen LogP contribution < -0.4 is 5.73 Å². The smallest absolute Gasteiger partial charge is 0.123 e. The highest BCUT2D eigenvalue weighted by Crippen LogP contribution is 2.26. The van der Waals surface area contributed by atoms with E-state index in [9.17, 15) is 9.50 Å². The van der Waals surface area contributed by atoms with Gasteiger partial charge < -0.3 is 10.8 Å². The Bertz CT molecular complexity index is 481. The van der Waals surface area contributed by atoms with Crippen LogP contribution in [0.4, 0.5) is 4.39 Å². The lowest BCUT2D eigenvalue weighted by Crippen LogP contribution is -2.35. The molecule has 1 saturated heterocycles. The van der Waals surface area contributed by atoms with Gasteiger partial charge in [0, 0.05) is 18.2 Å². The number of thiocarbonyl (C=S) groups is 1. The minimum atomic E-state index is -0.289. The lowest BCUT2D eigenvalue weighted by atomic mass is 10.0. The number of hydrogen-bond donors (Lipinski definition) is 2. The average molecular weight is 282 g/mol. The molecule has 0 aliphatic carbocycles. The Labute approximate surface area is 118 Å². The molecule has 1 fully saturated rings. The molecule has 1 aromatic carbocycles. The molecule has 0 saturated carbocycles. The maximum atomic E-state index is 13.4. The lowest BCUT2D eigenvalue weighted by Gasteiger charge is -2.25. The van der Waals surface area contributed by atoms with Gasteiger partial charge in [-0.2, -0.15) is 0 Å². The lowest BCUT2D eigenvalue weighted by molar-refractivity contribution is 0.134. The molecule has 1 heterocycles. The van der Waals surface area contributed by atoms with Crippen molar-refractivity contribution in [2.45, 2.75) is 25.9 Å². The fourth-order valence-electron chi connectivity index (χ4n) is 2.73. The van der Waals surface area contributed by atoms with Crippen molar-refractivity contribution in [2.75, 3.05) is 13.2 Å². The normalized spacial score (nSPS) is 23.7. The molecule has 1 aliphatic heterocycles. The van der Waals surface area contributed by atoms with Crippen molar-refractivity contribution in [1.82, 2.24) is 4.90 Å². The Balaban J connectivity index is 2.23. The van der Waals surface area contributed by atoms with Crippen LogP contribution in [0.25, 0.3) is 0 Å². The van der Waals surface area contributed by atoms with Crippen molar-refractivity contribution in [1.29, 1.82) is 0 Å². The number of hydrogen-bond acceptors (Lipinski definition) is 3. The van der Waals surface area contributed by atoms with Crippen LogP contribution >= 0.6 is 12.2 Å². The standard InChI is InChI=1S/C14H19FN2OS/c1-9-4-5-17(13(9)8-18)7-10-6-11(15)2-3-12(10)14(16)19/h2-3,6,9,13,18H,4-5,7-8H2,1H3,(H2,16,19). The van der Waals surface area contributed by atoms with Crippen LogP contribution in [0, 0.1) is 11.7 Å². The molecule has 0 radical (unpaired) electrons. The zero-order valence-electron chi connectivity index (χ0n) is 11.0. The number of likely N-dealkylation sites (tertiary alicyclic amines) is 1. The summed E-state index contributed by atoms with van der Waals surface area (Å²) in [5.41, 5.74) is 7.18. The number of aliphatic hydroxyl groups excluding tert-OH is 1. The topological polar surface area (TPSA) is 49.5 Å². The third-order valence-corrected chi connectivity index (χ3v) is 4.11. The van der Waals surface area contributed by atoms with Crippen LogP contribution in [0.5, 0.6) is 0 Å². The first-order valence-corrected chi connectivity index (χ1v) is 6.87. The Morgan fingerprint density at radius 2 is 2.32 bits per heavy atom. The van der Waals surface area contributed by atoms with E-state index in [0.717, 1.165) is 18.5 Å². The average Bonchev–Trinajstić information content (AvgIpc) is 2.69. The Hall–Kier alpha value is -1.04. The van der Waals surface area contributed by atoms with E-state index in [-0.39, 0.29) is 23.5 Å². The molecular weight excluding hydrogens is 263 g/mol. The first kappa shape index (κ1) is 14.4. The van der Waals surface area contributed by atoms with E-state index in [1.807, 2.05) is 0 Å². The van der Waals surface area contributed by atoms with E-state index >= 15 is 0 Å². The van der Waals surface area contributed by atoms with Crippen LogP contribution in [-0.2, 0) is 6.54 Å². The van der Waals surface area contributed by atoms with Crippen LogP contribution in [0.1, 0.15) is 24.5 Å². The van der Waals surface area contributed by atoms with Crippen LogP contribution in [0.15, 0.2) is 18.2 Å². The van der Waals surface area contributed by atoms with Crippen LogP contribution in [-0.4, -0.2) is 34.2 Å². The molecule has 0 amide bonds. The molecule has 1 aromatic rings. The zero-order chi connectivity index (χ0) is 14.0. The van der Waals surface area contributed by atoms with Gasteiger partial charge in [-0.25, -0.2) is 4.39 Å². The molecule has 2 rings (SSSR count). The third kappa shape index (κ3) is 3.11. The first-order chi connectivity index (χ1) is 9.02. The SMILES string of the molecule is CC1CCN(Cc2cc(F)ccc2C(N)=S)C1CO. The van der Waals surface area contributed by atoms with E-state index in [4.69, 9.17) is 18.0 Å². The zero-order valence-corrected chi connectivity index (χ0v) is 11.8. The van der Waals surface area contributed by atoms with Crippen molar-refractivity contribution < 1.29 is 9.50 Å². The minimum Gasteiger partial charge on any atom is -0.395 e. The van der Waals surface area contributed by atoms with Crippen molar-refractivity contribution in [3.63, 3.8) is 0 Å². The highest BCUT2D eigenvalue weighted by atomic mass is 32.1. The first-order valence-electron chi connectivity index (χ1n) is 6.46. The molecule has 2 unspecified atom stereocenters. The quantitative estimate of drug-likeness (QED) is 0.825. The Morgan fingerprint density at radius 1 is 1.58 bits per heavy atom. The number of aliphatic hydroxyl groups is 1. The minimum absolute atomic E-state index is 0.124. The predicted octanol–water partition coefficient (Wildman–Crippen LogP) is 1.66. The summed E-state index contributed by atoms with van der Waals surface area (Å²) in [6.45, 7) is 3.72. The van der Waals surface area contributed by atoms with Gasteiger partial charge in [0.15, 0.2) is 0 Å². The van der Waals surface area contributed by atoms with Crippen molar-refractivity contribution >= 4 is 17.2 Å². The summed E-state index contributed by atoms with van der Waals surface area (Å²) < 4.78 is 13.4. The summed E-state index contributed by atoms with van der Waals surface area (Å²) >= 11 is 5.00. The van der Waals surface area contributed by atoms with Gasteiger partial charge in [-0.3, -0.25) is 4.90 Å². The van der Waals surface area contributed by atoms with Gasteiger partial charge in [0.2, 0.25) is 0 Å². The number of nitrogens with two attached hydrogens (primary N) is 1. The molecule has 0 bridgehead atoms. The van der Waals surface area contributed by atoms with Gasteiger partial charge >= 0.3 is 0 Å². The van der Waals surface area contributed by atoms with Gasteiger partial charge in [-0.15, -0.1) is 0 Å². The summed E-state index contributed by atoms with van der Waals surface area (Å²) in [7, 11) is 0. The molecule has 0 aromatic heterocycles. The Morgan fingerprint density at radius 3 is 2.95 bits per heavy atom. The molecular formula is C14H19FN2OS. The maximum Gasteiger partial charge on any atom is 0.123 e. The van der Waals surface area contributed by atoms with E-state index in [1.165, 1.54) is 12.1 Å². The highest BCUT2D eigenvalue weighted by Gasteiger charge is 2.30. The molecule has 19 heavy (non-hydrogen) atoms. The number of benzene rings is 1. The van der Waals surface area contributed by atoms with Gasteiger partial charge in [0.05, 0.1) is 6.61 Å². The number of rotatable bonds is 4. The Kier molecular flexibility index (Phi) is 4.50. The third-order valence-electron chi connectivity index (χ3n) is 3.89. The summed E-state index contributed by atoms with van der Waals surface area (Å²) in [5, 5.41) is 9.45. The molecule has 3 nitrogen and oxygen atoms in total. The largest absolute Gasteiger partial charge is 0.395 e. The molecule has 1 aliphatic rings. The monoisotopic (exact) mass is 282 g/mol. The van der Waals surface area contributed by atoms with Crippen molar-refractivity contribution in [3.8, 4) is 0 Å². The van der Waals surface area contributed by atoms with E-state index in [2.05, 4.69) is 11.8 Å². The number of halogens is 1. The van der Waals surface area contributed by atoms with Gasteiger partial charge in [-0.1, -0.05) is 19.1 Å². The number of nitrogens with zero attached hydrogens (tertiary/aromatic N) is 1. The second kappa shape index (κ2) is 5.94. The fraction of sp³-hybridized carbons (Fsp3) is 0.500. The van der Waals surface area contributed by atoms with Crippen molar-refractivity contribution in [2.24, 2.45) is 11.7 Å². The molecule has 104 valence electrons. The molecule has 2 atom stereocenters. The summed E-state index contributed by atoms with van der Waals surface area (Å²) in [4.78, 5) is 2.45. The maximum absolute atomic E-state index is 13.4. The van der Waals surface area contributed by atoms with Gasteiger partial charge in [0.1, 0.15) is 10.8 Å². The van der Waals surface area contributed by atoms with Crippen LogP contribution in [0.2, 0.25) is 0 Å². The second-order valence-electron chi connectivity index (χ2n) is 5.15. The summed E-state index contributed by atoms with van der Waals surface area (Å²) in [6.07, 6.45) is 1.04. The summed E-state index contributed by atoms with van der Waals surface area (Å²) in [5.74, 6) is 0.162. The van der Waals surface area contributed by atoms with Crippen LogP contribution in [0.3, 0.4) is 0 Å². The molecule has 3 N–H and O–H groups in total. The second-order valence-corrected chi connectivity index (χ2v) is 5.59. The molecule has 5 heteroatoms. The highest BCUT2D eigenvalue weighted by molar-refractivity contribution is 7.80. The van der Waals surface area contributed by atoms with Gasteiger partial charge in [0.25, 0.3) is 0 Å². The van der Waals surface area contributed by atoms with Crippen molar-refractivity contribution in [3.05, 3.63) is 35.1 Å². The van der Waals surface area contributed by atoms with E-state index < -0.39 is 0 Å².